The van der Waals surface area contributed by atoms with E-state index in [1.54, 1.807) is 0 Å². The van der Waals surface area contributed by atoms with E-state index in [1.807, 2.05) is 11.8 Å². The average molecular weight is 256 g/mol. The van der Waals surface area contributed by atoms with E-state index in [0.29, 0.717) is 12.5 Å². The van der Waals surface area contributed by atoms with Crippen LogP contribution < -0.4 is 5.32 Å². The van der Waals surface area contributed by atoms with E-state index in [2.05, 4.69) is 12.2 Å². The number of rotatable bonds is 8. The van der Waals surface area contributed by atoms with Gasteiger partial charge >= 0.3 is 5.97 Å². The number of hydrogen-bond acceptors (Lipinski definition) is 3. The smallest absolute Gasteiger partial charge is 0.317 e. The molecule has 1 amide bonds. The molecule has 0 unspecified atom stereocenters. The van der Waals surface area contributed by atoms with Crippen LogP contribution in [0.2, 0.25) is 0 Å². The molecule has 5 nitrogen and oxygen atoms in total. The van der Waals surface area contributed by atoms with E-state index in [1.165, 1.54) is 0 Å². The van der Waals surface area contributed by atoms with Gasteiger partial charge in [0, 0.05) is 18.5 Å². The number of amides is 1. The summed E-state index contributed by atoms with van der Waals surface area (Å²) < 4.78 is 0. The van der Waals surface area contributed by atoms with E-state index in [9.17, 15) is 9.59 Å². The highest BCUT2D eigenvalue weighted by molar-refractivity contribution is 5.76. The molecule has 0 heterocycles. The van der Waals surface area contributed by atoms with E-state index >= 15 is 0 Å². The van der Waals surface area contributed by atoms with E-state index in [0.717, 1.165) is 32.2 Å². The van der Waals surface area contributed by atoms with Crippen LogP contribution in [-0.4, -0.2) is 47.1 Å². The number of unbranched alkanes of at least 4 members (excludes halogenated alkanes) is 1. The molecule has 1 aliphatic carbocycles. The molecule has 0 aromatic rings. The minimum Gasteiger partial charge on any atom is -0.480 e. The minimum absolute atomic E-state index is 0.0949. The Bertz CT molecular complexity index is 288. The number of nitrogens with one attached hydrogen (secondary N) is 1. The van der Waals surface area contributed by atoms with Crippen molar-refractivity contribution in [1.82, 2.24) is 10.2 Å². The predicted octanol–water partition coefficient (Wildman–Crippen LogP) is 1.23. The van der Waals surface area contributed by atoms with Crippen LogP contribution in [0.4, 0.5) is 0 Å². The van der Waals surface area contributed by atoms with Crippen LogP contribution in [0.3, 0.4) is 0 Å². The van der Waals surface area contributed by atoms with Gasteiger partial charge < -0.3 is 10.4 Å². The highest BCUT2D eigenvalue weighted by Crippen LogP contribution is 2.25. The van der Waals surface area contributed by atoms with Crippen molar-refractivity contribution >= 4 is 11.9 Å². The SMILES string of the molecule is CCCCC(=O)NC1CC(N(CC)CC(=O)O)C1. The first kappa shape index (κ1) is 15.0. The number of carboxylic acid groups (broad SMARTS) is 1. The van der Waals surface area contributed by atoms with Crippen molar-refractivity contribution in [3.05, 3.63) is 0 Å². The van der Waals surface area contributed by atoms with Gasteiger partial charge in [-0.15, -0.1) is 0 Å². The Morgan fingerprint density at radius 1 is 1.33 bits per heavy atom. The topological polar surface area (TPSA) is 69.6 Å². The number of carboxylic acids is 1. The molecule has 104 valence electrons. The molecule has 0 aromatic heterocycles. The van der Waals surface area contributed by atoms with Crippen LogP contribution in [0.1, 0.15) is 46.0 Å². The Balaban J connectivity index is 2.21. The van der Waals surface area contributed by atoms with Gasteiger partial charge in [-0.25, -0.2) is 0 Å². The molecule has 0 atom stereocenters. The van der Waals surface area contributed by atoms with Crippen LogP contribution in [0.25, 0.3) is 0 Å². The number of carbonyl (C=O) groups excluding carboxylic acids is 1. The molecule has 1 aliphatic rings. The van der Waals surface area contributed by atoms with E-state index in [-0.39, 0.29) is 18.5 Å². The van der Waals surface area contributed by atoms with Crippen molar-refractivity contribution in [3.8, 4) is 0 Å². The second kappa shape index (κ2) is 7.36. The summed E-state index contributed by atoms with van der Waals surface area (Å²) in [6, 6.07) is 0.546. The molecule has 0 aliphatic heterocycles. The summed E-state index contributed by atoms with van der Waals surface area (Å²) in [6.45, 7) is 4.87. The summed E-state index contributed by atoms with van der Waals surface area (Å²) >= 11 is 0. The van der Waals surface area contributed by atoms with Crippen LogP contribution in [0.5, 0.6) is 0 Å². The van der Waals surface area contributed by atoms with Gasteiger partial charge in [-0.2, -0.15) is 0 Å². The second-order valence-electron chi connectivity index (χ2n) is 4.95. The maximum Gasteiger partial charge on any atom is 0.317 e. The highest BCUT2D eigenvalue weighted by Gasteiger charge is 2.34. The zero-order chi connectivity index (χ0) is 13.5. The summed E-state index contributed by atoms with van der Waals surface area (Å²) in [5, 5.41) is 11.8. The summed E-state index contributed by atoms with van der Waals surface area (Å²) in [5.74, 6) is -0.658. The van der Waals surface area contributed by atoms with Crippen molar-refractivity contribution in [2.24, 2.45) is 0 Å². The molecule has 2 N–H and O–H groups in total. The molecule has 5 heteroatoms. The summed E-state index contributed by atoms with van der Waals surface area (Å²) in [5.41, 5.74) is 0. The summed E-state index contributed by atoms with van der Waals surface area (Å²) in [4.78, 5) is 24.1. The first-order valence-electron chi connectivity index (χ1n) is 6.82. The molecular formula is C13H24N2O3. The van der Waals surface area contributed by atoms with Crippen molar-refractivity contribution in [2.45, 2.75) is 58.0 Å². The molecule has 18 heavy (non-hydrogen) atoms. The second-order valence-corrected chi connectivity index (χ2v) is 4.95. The van der Waals surface area contributed by atoms with Gasteiger partial charge in [0.05, 0.1) is 6.54 Å². The fraction of sp³-hybridized carbons (Fsp3) is 0.846. The van der Waals surface area contributed by atoms with Gasteiger partial charge in [0.25, 0.3) is 0 Å². The third-order valence-electron chi connectivity index (χ3n) is 3.50. The quantitative estimate of drug-likeness (QED) is 0.685. The Hall–Kier alpha value is -1.10. The number of likely N-dealkylation sites (N-methyl/N-ethyl adjacent to an activating group) is 1. The molecule has 1 rings (SSSR count). The molecule has 0 spiro atoms. The Morgan fingerprint density at radius 3 is 2.50 bits per heavy atom. The Morgan fingerprint density at radius 2 is 2.00 bits per heavy atom. The first-order valence-corrected chi connectivity index (χ1v) is 6.82. The Kier molecular flexibility index (Phi) is 6.12. The molecule has 0 aromatic carbocycles. The van der Waals surface area contributed by atoms with Gasteiger partial charge in [-0.1, -0.05) is 20.3 Å². The van der Waals surface area contributed by atoms with Gasteiger partial charge in [0.15, 0.2) is 0 Å². The largest absolute Gasteiger partial charge is 0.480 e. The first-order chi connectivity index (χ1) is 8.56. The normalized spacial score (nSPS) is 22.6. The zero-order valence-corrected chi connectivity index (χ0v) is 11.3. The van der Waals surface area contributed by atoms with Gasteiger partial charge in [0.2, 0.25) is 5.91 Å². The van der Waals surface area contributed by atoms with Gasteiger partial charge in [-0.3, -0.25) is 14.5 Å². The molecular weight excluding hydrogens is 232 g/mol. The number of aliphatic carboxylic acids is 1. The minimum atomic E-state index is -0.785. The van der Waals surface area contributed by atoms with Crippen LogP contribution in [0.15, 0.2) is 0 Å². The summed E-state index contributed by atoms with van der Waals surface area (Å²) in [6.07, 6.45) is 4.31. The van der Waals surface area contributed by atoms with Crippen molar-refractivity contribution in [1.29, 1.82) is 0 Å². The standard InChI is InChI=1S/C13H24N2O3/c1-3-5-6-12(16)14-10-7-11(8-10)15(4-2)9-13(17)18/h10-11H,3-9H2,1-2H3,(H,14,16)(H,17,18). The molecule has 0 saturated heterocycles. The fourth-order valence-corrected chi connectivity index (χ4v) is 2.31. The van der Waals surface area contributed by atoms with Crippen LogP contribution in [0, 0.1) is 0 Å². The average Bonchev–Trinajstić information content (AvgIpc) is 2.27. The number of carbonyl (C=O) groups is 2. The van der Waals surface area contributed by atoms with Crippen molar-refractivity contribution < 1.29 is 14.7 Å². The lowest BCUT2D eigenvalue weighted by molar-refractivity contribution is -0.139. The van der Waals surface area contributed by atoms with E-state index in [4.69, 9.17) is 5.11 Å². The predicted molar refractivity (Wildman–Crippen MR) is 69.4 cm³/mol. The van der Waals surface area contributed by atoms with Gasteiger partial charge in [0.1, 0.15) is 0 Å². The molecule has 0 bridgehead atoms. The van der Waals surface area contributed by atoms with Crippen LogP contribution >= 0.6 is 0 Å². The monoisotopic (exact) mass is 256 g/mol. The molecule has 1 fully saturated rings. The highest BCUT2D eigenvalue weighted by atomic mass is 16.4. The number of nitrogens with zero attached hydrogens (tertiary/aromatic N) is 1. The van der Waals surface area contributed by atoms with Crippen molar-refractivity contribution in [2.75, 3.05) is 13.1 Å². The maximum atomic E-state index is 11.5. The lowest BCUT2D eigenvalue weighted by Crippen LogP contribution is -2.54. The van der Waals surface area contributed by atoms with Crippen molar-refractivity contribution in [3.63, 3.8) is 0 Å². The fourth-order valence-electron chi connectivity index (χ4n) is 2.31. The third kappa shape index (κ3) is 4.64. The Labute approximate surface area is 109 Å². The lowest BCUT2D eigenvalue weighted by atomic mass is 9.85. The third-order valence-corrected chi connectivity index (χ3v) is 3.50. The summed E-state index contributed by atoms with van der Waals surface area (Å²) in [7, 11) is 0. The number of hydrogen-bond donors (Lipinski definition) is 2. The van der Waals surface area contributed by atoms with Crippen LogP contribution in [-0.2, 0) is 9.59 Å². The molecule has 0 radical (unpaired) electrons. The molecule has 1 saturated carbocycles. The maximum absolute atomic E-state index is 11.5. The van der Waals surface area contributed by atoms with E-state index < -0.39 is 5.97 Å². The van der Waals surface area contributed by atoms with Gasteiger partial charge in [-0.05, 0) is 25.8 Å². The lowest BCUT2D eigenvalue weighted by Gasteiger charge is -2.42. The zero-order valence-electron chi connectivity index (χ0n) is 11.3.